The van der Waals surface area contributed by atoms with E-state index < -0.39 is 0 Å². The molecule has 0 saturated carbocycles. The van der Waals surface area contributed by atoms with Crippen molar-refractivity contribution in [3.63, 3.8) is 0 Å². The van der Waals surface area contributed by atoms with Crippen molar-refractivity contribution in [3.05, 3.63) is 46.2 Å². The van der Waals surface area contributed by atoms with Gasteiger partial charge in [0.1, 0.15) is 12.4 Å². The van der Waals surface area contributed by atoms with Crippen molar-refractivity contribution in [1.82, 2.24) is 9.78 Å². The minimum atomic E-state index is -0.0223. The molecule has 0 radical (unpaired) electrons. The van der Waals surface area contributed by atoms with Crippen molar-refractivity contribution in [2.24, 2.45) is 7.05 Å². The van der Waals surface area contributed by atoms with E-state index in [0.717, 1.165) is 17.8 Å². The number of rotatable bonds is 5. The quantitative estimate of drug-likeness (QED) is 0.793. The molecular formula is C15H17ClN2O2. The molecule has 0 saturated heterocycles. The molecule has 0 bridgehead atoms. The zero-order valence-electron chi connectivity index (χ0n) is 11.8. The number of aryl methyl sites for hydroxylation is 2. The molecule has 2 aromatic rings. The minimum absolute atomic E-state index is 0.0223. The molecule has 20 heavy (non-hydrogen) atoms. The van der Waals surface area contributed by atoms with Crippen LogP contribution in [-0.2, 0) is 20.1 Å². The van der Waals surface area contributed by atoms with E-state index in [-0.39, 0.29) is 12.4 Å². The molecule has 4 nitrogen and oxygen atoms in total. The summed E-state index contributed by atoms with van der Waals surface area (Å²) >= 11 is 6.27. The molecule has 0 amide bonds. The molecule has 5 heteroatoms. The highest BCUT2D eigenvalue weighted by Gasteiger charge is 2.14. The summed E-state index contributed by atoms with van der Waals surface area (Å²) in [6.45, 7) is 3.81. The molecule has 1 heterocycles. The number of hydrogen-bond donors (Lipinski definition) is 0. The number of nitrogens with zero attached hydrogens (tertiary/aromatic N) is 2. The predicted octanol–water partition coefficient (Wildman–Crippen LogP) is 3.42. The Morgan fingerprint density at radius 3 is 2.70 bits per heavy atom. The van der Waals surface area contributed by atoms with Crippen molar-refractivity contribution in [2.75, 3.05) is 0 Å². The third-order valence-corrected chi connectivity index (χ3v) is 3.57. The van der Waals surface area contributed by atoms with E-state index in [9.17, 15) is 4.79 Å². The summed E-state index contributed by atoms with van der Waals surface area (Å²) in [6.07, 6.45) is 0.775. The van der Waals surface area contributed by atoms with Gasteiger partial charge < -0.3 is 4.74 Å². The van der Waals surface area contributed by atoms with Crippen LogP contribution in [0, 0.1) is 0 Å². The third kappa shape index (κ3) is 2.85. The number of benzene rings is 1. The zero-order chi connectivity index (χ0) is 14.7. The normalized spacial score (nSPS) is 10.6. The average Bonchev–Trinajstić information content (AvgIpc) is 2.71. The number of aromatic nitrogens is 2. The van der Waals surface area contributed by atoms with E-state index in [4.69, 9.17) is 16.3 Å². The summed E-state index contributed by atoms with van der Waals surface area (Å²) in [5.41, 5.74) is 2.23. The van der Waals surface area contributed by atoms with Gasteiger partial charge in [0.25, 0.3) is 0 Å². The van der Waals surface area contributed by atoms with Gasteiger partial charge in [-0.3, -0.25) is 9.48 Å². The Morgan fingerprint density at radius 2 is 2.10 bits per heavy atom. The van der Waals surface area contributed by atoms with Crippen LogP contribution in [0.4, 0.5) is 0 Å². The first-order valence-corrected chi connectivity index (χ1v) is 6.85. The molecule has 0 aliphatic rings. The van der Waals surface area contributed by atoms with Crippen LogP contribution in [0.25, 0.3) is 0 Å². The summed E-state index contributed by atoms with van der Waals surface area (Å²) in [4.78, 5) is 11.5. The highest BCUT2D eigenvalue weighted by atomic mass is 35.5. The summed E-state index contributed by atoms with van der Waals surface area (Å²) < 4.78 is 7.46. The lowest BCUT2D eigenvalue weighted by Crippen LogP contribution is -2.06. The van der Waals surface area contributed by atoms with Crippen LogP contribution in [0.1, 0.15) is 35.6 Å². The van der Waals surface area contributed by atoms with Crippen LogP contribution in [0.15, 0.2) is 24.3 Å². The lowest BCUT2D eigenvalue weighted by atomic mass is 10.1. The maximum Gasteiger partial charge on any atom is 0.163 e. The van der Waals surface area contributed by atoms with Crippen LogP contribution in [0.5, 0.6) is 5.75 Å². The van der Waals surface area contributed by atoms with Crippen molar-refractivity contribution in [1.29, 1.82) is 0 Å². The number of ketones is 1. The van der Waals surface area contributed by atoms with Crippen LogP contribution in [0.2, 0.25) is 5.02 Å². The van der Waals surface area contributed by atoms with Crippen LogP contribution in [0.3, 0.4) is 0 Å². The number of Topliss-reactive ketones (excluding diaryl/α,β-unsaturated/α-hetero) is 1. The van der Waals surface area contributed by atoms with Gasteiger partial charge in [-0.1, -0.05) is 30.7 Å². The van der Waals surface area contributed by atoms with Crippen molar-refractivity contribution < 1.29 is 9.53 Å². The Hall–Kier alpha value is -1.81. The summed E-state index contributed by atoms with van der Waals surface area (Å²) in [5, 5.41) is 4.97. The van der Waals surface area contributed by atoms with Crippen LogP contribution < -0.4 is 4.74 Å². The van der Waals surface area contributed by atoms with Gasteiger partial charge in [-0.25, -0.2) is 0 Å². The summed E-state index contributed by atoms with van der Waals surface area (Å²) in [6, 6.07) is 7.18. The van der Waals surface area contributed by atoms with Gasteiger partial charge in [-0.05, 0) is 25.5 Å². The number of carbonyl (C=O) groups is 1. The number of carbonyl (C=O) groups excluding carboxylic acids is 1. The van der Waals surface area contributed by atoms with Gasteiger partial charge in [0, 0.05) is 7.05 Å². The molecule has 106 valence electrons. The van der Waals surface area contributed by atoms with E-state index in [1.165, 1.54) is 6.92 Å². The van der Waals surface area contributed by atoms with Crippen molar-refractivity contribution in [3.8, 4) is 5.75 Å². The van der Waals surface area contributed by atoms with Gasteiger partial charge in [0.05, 0.1) is 22.0 Å². The molecule has 0 unspecified atom stereocenters. The van der Waals surface area contributed by atoms with E-state index in [1.807, 2.05) is 26.1 Å². The van der Waals surface area contributed by atoms with E-state index >= 15 is 0 Å². The molecule has 0 fully saturated rings. The fourth-order valence-electron chi connectivity index (χ4n) is 2.01. The van der Waals surface area contributed by atoms with Gasteiger partial charge in [-0.15, -0.1) is 0 Å². The van der Waals surface area contributed by atoms with Crippen LogP contribution in [-0.4, -0.2) is 15.6 Å². The molecule has 0 atom stereocenters. The van der Waals surface area contributed by atoms with Gasteiger partial charge >= 0.3 is 0 Å². The third-order valence-electron chi connectivity index (χ3n) is 3.13. The first-order chi connectivity index (χ1) is 9.54. The molecule has 0 aliphatic carbocycles. The Bertz CT molecular complexity index is 635. The zero-order valence-corrected chi connectivity index (χ0v) is 12.6. The monoisotopic (exact) mass is 292 g/mol. The van der Waals surface area contributed by atoms with Gasteiger partial charge in [0.15, 0.2) is 5.78 Å². The molecule has 0 aliphatic heterocycles. The fraction of sp³-hybridized carbons (Fsp3) is 0.333. The maximum absolute atomic E-state index is 11.5. The lowest BCUT2D eigenvalue weighted by molar-refractivity contribution is 0.101. The second-order valence-electron chi connectivity index (χ2n) is 4.53. The smallest absolute Gasteiger partial charge is 0.163 e. The second kappa shape index (κ2) is 6.09. The standard InChI is InChI=1S/C15H17ClN2O2/c1-4-12-15(16)13(18(3)17-12)9-20-14-8-6-5-7-11(14)10(2)19/h5-8H,4,9H2,1-3H3. The molecule has 1 aromatic carbocycles. The number of para-hydroxylation sites is 1. The van der Waals surface area contributed by atoms with E-state index in [2.05, 4.69) is 5.10 Å². The van der Waals surface area contributed by atoms with Crippen LogP contribution >= 0.6 is 11.6 Å². The topological polar surface area (TPSA) is 44.1 Å². The SMILES string of the molecule is CCc1nn(C)c(COc2ccccc2C(C)=O)c1Cl. The Labute approximate surface area is 123 Å². The predicted molar refractivity (Wildman–Crippen MR) is 78.4 cm³/mol. The molecule has 0 N–H and O–H groups in total. The Morgan fingerprint density at radius 1 is 1.40 bits per heavy atom. The van der Waals surface area contributed by atoms with Crippen molar-refractivity contribution >= 4 is 17.4 Å². The first-order valence-electron chi connectivity index (χ1n) is 6.47. The minimum Gasteiger partial charge on any atom is -0.486 e. The largest absolute Gasteiger partial charge is 0.486 e. The first kappa shape index (κ1) is 14.6. The fourth-order valence-corrected chi connectivity index (χ4v) is 2.35. The molecule has 1 aromatic heterocycles. The second-order valence-corrected chi connectivity index (χ2v) is 4.90. The Balaban J connectivity index is 2.21. The maximum atomic E-state index is 11.5. The number of ether oxygens (including phenoxy) is 1. The highest BCUT2D eigenvalue weighted by Crippen LogP contribution is 2.24. The molecular weight excluding hydrogens is 276 g/mol. The summed E-state index contributed by atoms with van der Waals surface area (Å²) in [5.74, 6) is 0.543. The van der Waals surface area contributed by atoms with E-state index in [1.54, 1.807) is 16.8 Å². The van der Waals surface area contributed by atoms with Gasteiger partial charge in [-0.2, -0.15) is 5.10 Å². The summed E-state index contributed by atoms with van der Waals surface area (Å²) in [7, 11) is 1.83. The lowest BCUT2D eigenvalue weighted by Gasteiger charge is -2.10. The van der Waals surface area contributed by atoms with Gasteiger partial charge in [0.2, 0.25) is 0 Å². The average molecular weight is 293 g/mol. The van der Waals surface area contributed by atoms with Crippen molar-refractivity contribution in [2.45, 2.75) is 26.9 Å². The molecule has 0 spiro atoms. The van der Waals surface area contributed by atoms with E-state index in [0.29, 0.717) is 16.3 Å². The molecule has 2 rings (SSSR count). The number of hydrogen-bond acceptors (Lipinski definition) is 3. The number of halogens is 1. The highest BCUT2D eigenvalue weighted by molar-refractivity contribution is 6.31. The Kier molecular flexibility index (Phi) is 4.45.